The monoisotopic (exact) mass is 425 g/mol. The van der Waals surface area contributed by atoms with Gasteiger partial charge in [0.1, 0.15) is 11.6 Å². The van der Waals surface area contributed by atoms with Crippen LogP contribution in [-0.4, -0.2) is 29.7 Å². The SMILES string of the molecule is Cc1ccc(O)c(C)c1Nc1nn(-c2ccccc2)c2cc(Nc3ccn(C)n3)ncc12. The second kappa shape index (κ2) is 7.73. The summed E-state index contributed by atoms with van der Waals surface area (Å²) in [6.07, 6.45) is 3.67. The third-order valence-corrected chi connectivity index (χ3v) is 5.42. The number of pyridine rings is 1. The zero-order valence-corrected chi connectivity index (χ0v) is 18.0. The standard InChI is InChI=1S/C24H23N7O/c1-15-9-10-20(32)16(2)23(15)27-24-18-14-25-22(26-21-11-12-30(3)28-21)13-19(18)31(29-24)17-7-5-4-6-8-17/h4-14,32H,1-3H3,(H,27,29)(H,25,26,28). The Bertz CT molecular complexity index is 1420. The largest absolute Gasteiger partial charge is 0.508 e. The average molecular weight is 425 g/mol. The number of phenolic OH excluding ortho intramolecular Hbond substituents is 1. The van der Waals surface area contributed by atoms with Crippen LogP contribution < -0.4 is 10.6 Å². The van der Waals surface area contributed by atoms with Gasteiger partial charge in [0, 0.05) is 42.8 Å². The fourth-order valence-electron chi connectivity index (χ4n) is 3.70. The molecule has 5 rings (SSSR count). The molecule has 0 bridgehead atoms. The van der Waals surface area contributed by atoms with E-state index in [-0.39, 0.29) is 5.75 Å². The Labute approximate surface area is 185 Å². The summed E-state index contributed by atoms with van der Waals surface area (Å²) in [4.78, 5) is 4.58. The molecule has 32 heavy (non-hydrogen) atoms. The molecule has 2 aromatic carbocycles. The van der Waals surface area contributed by atoms with Gasteiger partial charge in [-0.2, -0.15) is 5.10 Å². The summed E-state index contributed by atoms with van der Waals surface area (Å²) in [7, 11) is 1.87. The zero-order valence-electron chi connectivity index (χ0n) is 18.0. The molecule has 0 atom stereocenters. The van der Waals surface area contributed by atoms with Crippen LogP contribution in [0.1, 0.15) is 11.1 Å². The molecule has 3 heterocycles. The Morgan fingerprint density at radius 1 is 0.906 bits per heavy atom. The fraction of sp³-hybridized carbons (Fsp3) is 0.125. The lowest BCUT2D eigenvalue weighted by molar-refractivity contribution is 0.471. The van der Waals surface area contributed by atoms with Crippen LogP contribution in [0.2, 0.25) is 0 Å². The van der Waals surface area contributed by atoms with E-state index in [0.29, 0.717) is 11.6 Å². The molecule has 3 aromatic heterocycles. The van der Waals surface area contributed by atoms with E-state index >= 15 is 0 Å². The third kappa shape index (κ3) is 3.51. The van der Waals surface area contributed by atoms with E-state index < -0.39 is 0 Å². The van der Waals surface area contributed by atoms with E-state index in [4.69, 9.17) is 5.10 Å². The summed E-state index contributed by atoms with van der Waals surface area (Å²) < 4.78 is 3.62. The lowest BCUT2D eigenvalue weighted by Crippen LogP contribution is -2.00. The van der Waals surface area contributed by atoms with Gasteiger partial charge in [-0.1, -0.05) is 24.3 Å². The zero-order chi connectivity index (χ0) is 22.2. The Morgan fingerprint density at radius 2 is 1.72 bits per heavy atom. The predicted molar refractivity (Wildman–Crippen MR) is 126 cm³/mol. The van der Waals surface area contributed by atoms with Crippen molar-refractivity contribution in [3.05, 3.63) is 78.1 Å². The lowest BCUT2D eigenvalue weighted by Gasteiger charge is -2.12. The molecule has 0 aliphatic carbocycles. The molecule has 0 spiro atoms. The van der Waals surface area contributed by atoms with Gasteiger partial charge in [0.25, 0.3) is 0 Å². The number of benzene rings is 2. The van der Waals surface area contributed by atoms with Crippen LogP contribution >= 0.6 is 0 Å². The van der Waals surface area contributed by atoms with Crippen molar-refractivity contribution in [3.8, 4) is 11.4 Å². The number of aromatic hydroxyl groups is 1. The molecule has 8 nitrogen and oxygen atoms in total. The molecule has 0 radical (unpaired) electrons. The highest BCUT2D eigenvalue weighted by Gasteiger charge is 2.16. The summed E-state index contributed by atoms with van der Waals surface area (Å²) in [6, 6.07) is 17.4. The maximum Gasteiger partial charge on any atom is 0.162 e. The number of aryl methyl sites for hydroxylation is 2. The Kier molecular flexibility index (Phi) is 4.74. The van der Waals surface area contributed by atoms with Crippen molar-refractivity contribution in [3.63, 3.8) is 0 Å². The van der Waals surface area contributed by atoms with Crippen LogP contribution in [-0.2, 0) is 7.05 Å². The van der Waals surface area contributed by atoms with E-state index in [1.54, 1.807) is 16.9 Å². The second-order valence-corrected chi connectivity index (χ2v) is 7.71. The van der Waals surface area contributed by atoms with Crippen molar-refractivity contribution in [2.24, 2.45) is 7.05 Å². The number of aromatic nitrogens is 5. The molecule has 0 fully saturated rings. The highest BCUT2D eigenvalue weighted by Crippen LogP contribution is 2.34. The van der Waals surface area contributed by atoms with Gasteiger partial charge >= 0.3 is 0 Å². The van der Waals surface area contributed by atoms with Crippen LogP contribution in [0, 0.1) is 13.8 Å². The van der Waals surface area contributed by atoms with Crippen molar-refractivity contribution in [2.45, 2.75) is 13.8 Å². The number of hydrogen-bond acceptors (Lipinski definition) is 6. The van der Waals surface area contributed by atoms with Gasteiger partial charge in [-0.25, -0.2) is 9.67 Å². The van der Waals surface area contributed by atoms with Crippen molar-refractivity contribution < 1.29 is 5.11 Å². The molecule has 0 saturated heterocycles. The van der Waals surface area contributed by atoms with Crippen molar-refractivity contribution >= 4 is 34.0 Å². The first-order chi connectivity index (χ1) is 15.5. The molecule has 5 aromatic rings. The smallest absolute Gasteiger partial charge is 0.162 e. The molecular weight excluding hydrogens is 402 g/mol. The van der Waals surface area contributed by atoms with Crippen LogP contribution in [0.5, 0.6) is 5.75 Å². The van der Waals surface area contributed by atoms with Gasteiger partial charge in [-0.15, -0.1) is 5.10 Å². The minimum absolute atomic E-state index is 0.241. The van der Waals surface area contributed by atoms with E-state index in [0.717, 1.165) is 39.2 Å². The van der Waals surface area contributed by atoms with Gasteiger partial charge in [0.15, 0.2) is 11.6 Å². The number of anilines is 4. The number of nitrogens with zero attached hydrogens (tertiary/aromatic N) is 5. The fourth-order valence-corrected chi connectivity index (χ4v) is 3.70. The summed E-state index contributed by atoms with van der Waals surface area (Å²) in [5.41, 5.74) is 4.45. The Morgan fingerprint density at radius 3 is 2.47 bits per heavy atom. The summed E-state index contributed by atoms with van der Waals surface area (Å²) in [6.45, 7) is 3.88. The molecule has 3 N–H and O–H groups in total. The number of rotatable bonds is 5. The van der Waals surface area contributed by atoms with Crippen molar-refractivity contribution in [2.75, 3.05) is 10.6 Å². The minimum Gasteiger partial charge on any atom is -0.508 e. The van der Waals surface area contributed by atoms with Crippen LogP contribution in [0.3, 0.4) is 0 Å². The highest BCUT2D eigenvalue weighted by atomic mass is 16.3. The average Bonchev–Trinajstić information content (AvgIpc) is 3.37. The third-order valence-electron chi connectivity index (χ3n) is 5.42. The number of fused-ring (bicyclic) bond motifs is 1. The first kappa shape index (κ1) is 19.6. The molecule has 0 amide bonds. The van der Waals surface area contributed by atoms with E-state index in [9.17, 15) is 5.11 Å². The van der Waals surface area contributed by atoms with Crippen LogP contribution in [0.15, 0.2) is 67.0 Å². The van der Waals surface area contributed by atoms with Crippen molar-refractivity contribution in [1.82, 2.24) is 24.5 Å². The number of hydrogen-bond donors (Lipinski definition) is 3. The van der Waals surface area contributed by atoms with E-state index in [2.05, 4.69) is 20.7 Å². The highest BCUT2D eigenvalue weighted by molar-refractivity contribution is 5.94. The number of para-hydroxylation sites is 1. The summed E-state index contributed by atoms with van der Waals surface area (Å²) >= 11 is 0. The summed E-state index contributed by atoms with van der Waals surface area (Å²) in [5.74, 6) is 2.29. The first-order valence-corrected chi connectivity index (χ1v) is 10.3. The van der Waals surface area contributed by atoms with E-state index in [1.165, 1.54) is 0 Å². The molecule has 0 unspecified atom stereocenters. The lowest BCUT2D eigenvalue weighted by atomic mass is 10.1. The van der Waals surface area contributed by atoms with Crippen molar-refractivity contribution in [1.29, 1.82) is 0 Å². The maximum atomic E-state index is 10.2. The Balaban J connectivity index is 1.63. The maximum absolute atomic E-state index is 10.2. The topological polar surface area (TPSA) is 92.8 Å². The molecule has 8 heteroatoms. The normalized spacial score (nSPS) is 11.1. The van der Waals surface area contributed by atoms with Gasteiger partial charge in [0.05, 0.1) is 16.6 Å². The minimum atomic E-state index is 0.241. The molecular formula is C24H23N7O. The molecule has 0 aliphatic heterocycles. The molecule has 0 saturated carbocycles. The number of nitrogens with one attached hydrogen (secondary N) is 2. The van der Waals surface area contributed by atoms with Gasteiger partial charge in [0.2, 0.25) is 0 Å². The Hall–Kier alpha value is -4.33. The van der Waals surface area contributed by atoms with Gasteiger partial charge in [-0.3, -0.25) is 4.68 Å². The first-order valence-electron chi connectivity index (χ1n) is 10.3. The quantitative estimate of drug-likeness (QED) is 0.368. The second-order valence-electron chi connectivity index (χ2n) is 7.71. The predicted octanol–water partition coefficient (Wildman–Crippen LogP) is 4.96. The number of phenols is 1. The summed E-state index contributed by atoms with van der Waals surface area (Å²) in [5, 5.41) is 26.9. The van der Waals surface area contributed by atoms with Gasteiger partial charge in [-0.05, 0) is 37.6 Å². The van der Waals surface area contributed by atoms with Crippen LogP contribution in [0.4, 0.5) is 23.1 Å². The van der Waals surface area contributed by atoms with Gasteiger partial charge < -0.3 is 15.7 Å². The molecule has 0 aliphatic rings. The molecule has 160 valence electrons. The van der Waals surface area contributed by atoms with Crippen LogP contribution in [0.25, 0.3) is 16.6 Å². The van der Waals surface area contributed by atoms with E-state index in [1.807, 2.05) is 80.3 Å².